The first kappa shape index (κ1) is 12.6. The van der Waals surface area contributed by atoms with Crippen molar-refractivity contribution in [2.45, 2.75) is 12.6 Å². The van der Waals surface area contributed by atoms with Crippen LogP contribution in [0.25, 0.3) is 5.69 Å². The molecule has 1 aromatic carbocycles. The minimum atomic E-state index is -4.37. The number of nitrogens with two attached hydrogens (primary N) is 1. The van der Waals surface area contributed by atoms with E-state index in [4.69, 9.17) is 5.73 Å². The molecule has 6 heteroatoms. The minimum absolute atomic E-state index is 0.435. The van der Waals surface area contributed by atoms with Crippen LogP contribution in [0, 0.1) is 0 Å². The maximum atomic E-state index is 12.5. The van der Waals surface area contributed by atoms with Crippen LogP contribution in [-0.4, -0.2) is 16.3 Å². The second-order valence-corrected chi connectivity index (χ2v) is 3.84. The van der Waals surface area contributed by atoms with Crippen molar-refractivity contribution in [2.75, 3.05) is 6.54 Å². The number of rotatable bonds is 3. The van der Waals surface area contributed by atoms with Crippen LogP contribution in [0.15, 0.2) is 36.7 Å². The zero-order valence-electron chi connectivity index (χ0n) is 9.48. The molecule has 0 saturated heterocycles. The number of benzene rings is 1. The minimum Gasteiger partial charge on any atom is -0.330 e. The highest BCUT2D eigenvalue weighted by atomic mass is 19.4. The first-order chi connectivity index (χ1) is 8.52. The lowest BCUT2D eigenvalue weighted by Crippen LogP contribution is -2.07. The van der Waals surface area contributed by atoms with Gasteiger partial charge < -0.3 is 5.73 Å². The van der Waals surface area contributed by atoms with Crippen molar-refractivity contribution < 1.29 is 13.2 Å². The van der Waals surface area contributed by atoms with Gasteiger partial charge >= 0.3 is 6.18 Å². The molecule has 0 aliphatic rings. The van der Waals surface area contributed by atoms with Crippen molar-refractivity contribution in [3.8, 4) is 5.69 Å². The van der Waals surface area contributed by atoms with E-state index in [0.717, 1.165) is 18.0 Å². The third-order valence-electron chi connectivity index (χ3n) is 2.56. The lowest BCUT2D eigenvalue weighted by molar-refractivity contribution is -0.137. The third-order valence-corrected chi connectivity index (χ3v) is 2.56. The Balaban J connectivity index is 2.40. The summed E-state index contributed by atoms with van der Waals surface area (Å²) in [7, 11) is 0. The second kappa shape index (κ2) is 4.81. The Morgan fingerprint density at radius 1 is 1.22 bits per heavy atom. The van der Waals surface area contributed by atoms with Gasteiger partial charge in [-0.2, -0.15) is 18.3 Å². The monoisotopic (exact) mass is 255 g/mol. The van der Waals surface area contributed by atoms with E-state index in [0.29, 0.717) is 18.7 Å². The summed E-state index contributed by atoms with van der Waals surface area (Å²) in [5.41, 5.74) is 6.21. The van der Waals surface area contributed by atoms with Gasteiger partial charge in [-0.15, -0.1) is 0 Å². The van der Waals surface area contributed by atoms with E-state index >= 15 is 0 Å². The predicted octanol–water partition coefficient (Wildman–Crippen LogP) is 2.39. The van der Waals surface area contributed by atoms with Gasteiger partial charge in [-0.3, -0.25) is 0 Å². The molecule has 2 N–H and O–H groups in total. The number of hydrogen-bond acceptors (Lipinski definition) is 2. The molecule has 3 nitrogen and oxygen atoms in total. The summed E-state index contributed by atoms with van der Waals surface area (Å²) in [6.07, 6.45) is -1.98. The summed E-state index contributed by atoms with van der Waals surface area (Å²) in [5.74, 6) is 0. The smallest absolute Gasteiger partial charge is 0.330 e. The topological polar surface area (TPSA) is 43.8 Å². The average molecular weight is 255 g/mol. The maximum absolute atomic E-state index is 12.5. The maximum Gasteiger partial charge on any atom is 0.419 e. The van der Waals surface area contributed by atoms with Crippen molar-refractivity contribution in [3.05, 3.63) is 47.8 Å². The molecule has 0 bridgehead atoms. The molecule has 18 heavy (non-hydrogen) atoms. The summed E-state index contributed by atoms with van der Waals surface area (Å²) in [6.45, 7) is 0.435. The van der Waals surface area contributed by atoms with Gasteiger partial charge in [0.05, 0.1) is 17.4 Å². The molecule has 96 valence electrons. The Morgan fingerprint density at radius 3 is 2.56 bits per heavy atom. The van der Waals surface area contributed by atoms with Crippen molar-refractivity contribution in [2.24, 2.45) is 5.73 Å². The summed E-state index contributed by atoms with van der Waals surface area (Å²) < 4.78 is 38.7. The number of halogens is 3. The lowest BCUT2D eigenvalue weighted by atomic mass is 10.1. The number of aromatic nitrogens is 2. The second-order valence-electron chi connectivity index (χ2n) is 3.84. The average Bonchev–Trinajstić information content (AvgIpc) is 2.79. The lowest BCUT2D eigenvalue weighted by Gasteiger charge is -2.08. The standard InChI is InChI=1S/C12H12F3N3/c13-12(14,15)10-7-17-18(8-10)11-4-2-1-3-9(11)5-6-16/h1-4,7-8H,5-6,16H2. The Morgan fingerprint density at radius 2 is 1.94 bits per heavy atom. The summed E-state index contributed by atoms with van der Waals surface area (Å²) in [6, 6.07) is 7.13. The third kappa shape index (κ3) is 2.53. The van der Waals surface area contributed by atoms with Crippen LogP contribution in [0.5, 0.6) is 0 Å². The van der Waals surface area contributed by atoms with Gasteiger partial charge in [0.15, 0.2) is 0 Å². The highest BCUT2D eigenvalue weighted by Gasteiger charge is 2.32. The molecule has 0 aliphatic heterocycles. The number of para-hydroxylation sites is 1. The Hall–Kier alpha value is -1.82. The first-order valence-electron chi connectivity index (χ1n) is 5.42. The molecule has 0 amide bonds. The molecule has 2 rings (SSSR count). The largest absolute Gasteiger partial charge is 0.419 e. The number of hydrogen-bond donors (Lipinski definition) is 1. The molecule has 1 aromatic heterocycles. The van der Waals surface area contributed by atoms with Gasteiger partial charge in [0.2, 0.25) is 0 Å². The van der Waals surface area contributed by atoms with E-state index in [2.05, 4.69) is 5.10 Å². The van der Waals surface area contributed by atoms with Crippen LogP contribution in [-0.2, 0) is 12.6 Å². The first-order valence-corrected chi connectivity index (χ1v) is 5.42. The summed E-state index contributed by atoms with van der Waals surface area (Å²) in [4.78, 5) is 0. The van der Waals surface area contributed by atoms with Crippen molar-refractivity contribution >= 4 is 0 Å². The van der Waals surface area contributed by atoms with Gasteiger partial charge in [0.1, 0.15) is 0 Å². The normalized spacial score (nSPS) is 11.8. The van der Waals surface area contributed by atoms with Gasteiger partial charge in [0.25, 0.3) is 0 Å². The van der Waals surface area contributed by atoms with Gasteiger partial charge in [-0.1, -0.05) is 18.2 Å². The van der Waals surface area contributed by atoms with Crippen molar-refractivity contribution in [3.63, 3.8) is 0 Å². The number of alkyl halides is 3. The Labute approximate surface area is 102 Å². The van der Waals surface area contributed by atoms with E-state index in [9.17, 15) is 13.2 Å². The number of nitrogens with zero attached hydrogens (tertiary/aromatic N) is 2. The van der Waals surface area contributed by atoms with E-state index in [-0.39, 0.29) is 0 Å². The molecular formula is C12H12F3N3. The van der Waals surface area contributed by atoms with Gasteiger partial charge in [-0.25, -0.2) is 4.68 Å². The highest BCUT2D eigenvalue weighted by Crippen LogP contribution is 2.29. The van der Waals surface area contributed by atoms with E-state index in [1.165, 1.54) is 4.68 Å². The van der Waals surface area contributed by atoms with Crippen molar-refractivity contribution in [1.29, 1.82) is 0 Å². The van der Waals surface area contributed by atoms with Crippen LogP contribution in [0.3, 0.4) is 0 Å². The van der Waals surface area contributed by atoms with Crippen LogP contribution >= 0.6 is 0 Å². The quantitative estimate of drug-likeness (QED) is 0.915. The van der Waals surface area contributed by atoms with E-state index < -0.39 is 11.7 Å². The van der Waals surface area contributed by atoms with Gasteiger partial charge in [0, 0.05) is 6.20 Å². The molecule has 0 aliphatic carbocycles. The Bertz CT molecular complexity index is 531. The zero-order chi connectivity index (χ0) is 13.2. The fourth-order valence-electron chi connectivity index (χ4n) is 1.70. The molecule has 0 fully saturated rings. The van der Waals surface area contributed by atoms with E-state index in [1.54, 1.807) is 12.1 Å². The molecular weight excluding hydrogens is 243 g/mol. The molecule has 0 spiro atoms. The SMILES string of the molecule is NCCc1ccccc1-n1cc(C(F)(F)F)cn1. The van der Waals surface area contributed by atoms with Gasteiger partial charge in [-0.05, 0) is 24.6 Å². The highest BCUT2D eigenvalue weighted by molar-refractivity contribution is 5.41. The molecule has 1 heterocycles. The van der Waals surface area contributed by atoms with E-state index in [1.807, 2.05) is 12.1 Å². The van der Waals surface area contributed by atoms with Crippen LogP contribution in [0.2, 0.25) is 0 Å². The molecule has 0 saturated carbocycles. The van der Waals surface area contributed by atoms with Crippen molar-refractivity contribution in [1.82, 2.24) is 9.78 Å². The molecule has 0 unspecified atom stereocenters. The summed E-state index contributed by atoms with van der Waals surface area (Å²) in [5, 5.41) is 3.75. The fourth-order valence-corrected chi connectivity index (χ4v) is 1.70. The molecule has 2 aromatic rings. The fraction of sp³-hybridized carbons (Fsp3) is 0.250. The zero-order valence-corrected chi connectivity index (χ0v) is 9.48. The Kier molecular flexibility index (Phi) is 3.38. The predicted molar refractivity (Wildman–Crippen MR) is 61.3 cm³/mol. The summed E-state index contributed by atoms with van der Waals surface area (Å²) >= 11 is 0. The molecule has 0 radical (unpaired) electrons. The van der Waals surface area contributed by atoms with Crippen LogP contribution < -0.4 is 5.73 Å². The van der Waals surface area contributed by atoms with Crippen LogP contribution in [0.4, 0.5) is 13.2 Å². The van der Waals surface area contributed by atoms with Crippen LogP contribution in [0.1, 0.15) is 11.1 Å². The molecule has 0 atom stereocenters.